The average Bonchev–Trinajstić information content (AvgIpc) is 3.13. The number of fused-ring (bicyclic) bond motifs is 2. The quantitative estimate of drug-likeness (QED) is 0.319. The lowest BCUT2D eigenvalue weighted by atomic mass is 9.85. The van der Waals surface area contributed by atoms with Gasteiger partial charge >= 0.3 is 0 Å². The van der Waals surface area contributed by atoms with Crippen molar-refractivity contribution >= 4 is 34.2 Å². The summed E-state index contributed by atoms with van der Waals surface area (Å²) in [6.07, 6.45) is 0. The molecule has 4 aromatic carbocycles. The molecular formula is C29H22N2O4. The minimum Gasteiger partial charge on any atom is -0.496 e. The lowest BCUT2D eigenvalue weighted by molar-refractivity contribution is -0.130. The SMILES string of the molecule is COc1ccc(N2C(=O)[C@@H](N3C(=O)c4ccccc4C3=O)[C@H]2c2ccc(C)cc2)c2ccccc12. The number of hydrogen-bond donors (Lipinski definition) is 0. The van der Waals surface area contributed by atoms with Crippen molar-refractivity contribution in [2.45, 2.75) is 19.0 Å². The minimum atomic E-state index is -0.925. The highest BCUT2D eigenvalue weighted by Crippen LogP contribution is 2.47. The minimum absolute atomic E-state index is 0.291. The number of anilines is 1. The molecule has 0 saturated carbocycles. The molecule has 0 spiro atoms. The number of aryl methyl sites for hydroxylation is 1. The largest absolute Gasteiger partial charge is 0.496 e. The van der Waals surface area contributed by atoms with Gasteiger partial charge in [0.15, 0.2) is 0 Å². The van der Waals surface area contributed by atoms with Crippen LogP contribution in [-0.2, 0) is 4.79 Å². The maximum Gasteiger partial charge on any atom is 0.262 e. The molecule has 6 heteroatoms. The number of methoxy groups -OCH3 is 1. The van der Waals surface area contributed by atoms with E-state index in [-0.39, 0.29) is 5.91 Å². The lowest BCUT2D eigenvalue weighted by Crippen LogP contribution is -2.67. The van der Waals surface area contributed by atoms with E-state index in [2.05, 4.69) is 0 Å². The first-order valence-corrected chi connectivity index (χ1v) is 11.4. The molecule has 2 aliphatic heterocycles. The highest BCUT2D eigenvalue weighted by Gasteiger charge is 2.57. The number of ether oxygens (including phenoxy) is 1. The summed E-state index contributed by atoms with van der Waals surface area (Å²) >= 11 is 0. The molecule has 0 radical (unpaired) electrons. The number of benzene rings is 4. The van der Waals surface area contributed by atoms with Gasteiger partial charge in [-0.3, -0.25) is 24.2 Å². The summed E-state index contributed by atoms with van der Waals surface area (Å²) < 4.78 is 5.53. The van der Waals surface area contributed by atoms with Crippen LogP contribution in [0.3, 0.4) is 0 Å². The molecule has 2 atom stereocenters. The average molecular weight is 463 g/mol. The first kappa shape index (κ1) is 21.1. The van der Waals surface area contributed by atoms with Gasteiger partial charge in [0.25, 0.3) is 17.7 Å². The van der Waals surface area contributed by atoms with Crippen LogP contribution in [0.5, 0.6) is 5.75 Å². The van der Waals surface area contributed by atoms with Crippen molar-refractivity contribution < 1.29 is 19.1 Å². The van der Waals surface area contributed by atoms with E-state index in [0.29, 0.717) is 22.6 Å². The number of carbonyl (C=O) groups is 3. The van der Waals surface area contributed by atoms with Crippen molar-refractivity contribution in [1.82, 2.24) is 4.90 Å². The number of amides is 3. The van der Waals surface area contributed by atoms with Crippen molar-refractivity contribution in [3.63, 3.8) is 0 Å². The zero-order valence-corrected chi connectivity index (χ0v) is 19.3. The summed E-state index contributed by atoms with van der Waals surface area (Å²) in [5.41, 5.74) is 3.32. The fourth-order valence-corrected chi connectivity index (χ4v) is 5.19. The molecule has 2 heterocycles. The van der Waals surface area contributed by atoms with Gasteiger partial charge in [-0.1, -0.05) is 66.2 Å². The Bertz CT molecular complexity index is 1490. The van der Waals surface area contributed by atoms with Crippen LogP contribution >= 0.6 is 0 Å². The van der Waals surface area contributed by atoms with Crippen LogP contribution < -0.4 is 9.64 Å². The van der Waals surface area contributed by atoms with Crippen LogP contribution in [0.15, 0.2) is 84.9 Å². The molecule has 0 aliphatic carbocycles. The van der Waals surface area contributed by atoms with E-state index < -0.39 is 23.9 Å². The van der Waals surface area contributed by atoms with E-state index in [1.807, 2.05) is 67.6 Å². The molecule has 4 aromatic rings. The third kappa shape index (κ3) is 2.99. The van der Waals surface area contributed by atoms with E-state index in [0.717, 1.165) is 26.8 Å². The van der Waals surface area contributed by atoms with Gasteiger partial charge in [0, 0.05) is 10.8 Å². The van der Waals surface area contributed by atoms with Crippen molar-refractivity contribution in [1.29, 1.82) is 0 Å². The van der Waals surface area contributed by atoms with E-state index in [1.165, 1.54) is 0 Å². The summed E-state index contributed by atoms with van der Waals surface area (Å²) in [5.74, 6) is -0.442. The van der Waals surface area contributed by atoms with Crippen molar-refractivity contribution in [2.75, 3.05) is 12.0 Å². The summed E-state index contributed by atoms with van der Waals surface area (Å²) in [7, 11) is 1.61. The lowest BCUT2D eigenvalue weighted by Gasteiger charge is -2.50. The molecular weight excluding hydrogens is 440 g/mol. The monoisotopic (exact) mass is 462 g/mol. The molecule has 0 aromatic heterocycles. The Labute approximate surface area is 202 Å². The van der Waals surface area contributed by atoms with Crippen LogP contribution in [0.2, 0.25) is 0 Å². The van der Waals surface area contributed by atoms with Gasteiger partial charge in [0.05, 0.1) is 30.0 Å². The third-order valence-corrected chi connectivity index (χ3v) is 6.93. The van der Waals surface area contributed by atoms with E-state index >= 15 is 0 Å². The molecule has 6 rings (SSSR count). The number of β-lactam (4-membered cyclic amide) rings is 1. The molecule has 0 unspecified atom stereocenters. The maximum absolute atomic E-state index is 13.8. The molecule has 172 valence electrons. The van der Waals surface area contributed by atoms with Gasteiger partial charge in [-0.05, 0) is 36.8 Å². The summed E-state index contributed by atoms with van der Waals surface area (Å²) in [4.78, 5) is 43.2. The summed E-state index contributed by atoms with van der Waals surface area (Å²) in [6.45, 7) is 1.99. The fourth-order valence-electron chi connectivity index (χ4n) is 5.19. The van der Waals surface area contributed by atoms with Crippen molar-refractivity contribution in [3.05, 3.63) is 107 Å². The number of carbonyl (C=O) groups excluding carboxylic acids is 3. The Morgan fingerprint density at radius 3 is 1.89 bits per heavy atom. The maximum atomic E-state index is 13.8. The molecule has 0 bridgehead atoms. The molecule has 35 heavy (non-hydrogen) atoms. The fraction of sp³-hybridized carbons (Fsp3) is 0.138. The smallest absolute Gasteiger partial charge is 0.262 e. The second-order valence-corrected chi connectivity index (χ2v) is 8.87. The Morgan fingerprint density at radius 2 is 1.26 bits per heavy atom. The predicted molar refractivity (Wildman–Crippen MR) is 133 cm³/mol. The van der Waals surface area contributed by atoms with Gasteiger partial charge in [-0.15, -0.1) is 0 Å². The number of nitrogens with zero attached hydrogens (tertiary/aromatic N) is 2. The number of imide groups is 1. The van der Waals surface area contributed by atoms with Crippen LogP contribution in [0.1, 0.15) is 37.9 Å². The molecule has 6 nitrogen and oxygen atoms in total. The topological polar surface area (TPSA) is 66.9 Å². The summed E-state index contributed by atoms with van der Waals surface area (Å²) in [6, 6.07) is 24.6. The normalized spacial score (nSPS) is 19.2. The van der Waals surface area contributed by atoms with Crippen LogP contribution in [0.4, 0.5) is 5.69 Å². The molecule has 1 fully saturated rings. The highest BCUT2D eigenvalue weighted by atomic mass is 16.5. The van der Waals surface area contributed by atoms with Gasteiger partial charge in [-0.2, -0.15) is 0 Å². The molecule has 3 amide bonds. The molecule has 2 aliphatic rings. The molecule has 0 N–H and O–H groups in total. The summed E-state index contributed by atoms with van der Waals surface area (Å²) in [5, 5.41) is 1.74. The standard InChI is InChI=1S/C29H22N2O4/c1-17-11-13-18(14-12-17)25-26(31-27(32)21-9-5-6-10-22(21)28(31)33)29(34)30(25)23-15-16-24(35-2)20-8-4-3-7-19(20)23/h3-16,25-26H,1-2H3/t25-,26+/m1/s1. The first-order valence-electron chi connectivity index (χ1n) is 11.4. The van der Waals surface area contributed by atoms with Gasteiger partial charge in [0.1, 0.15) is 11.8 Å². The Kier molecular flexibility index (Phi) is 4.71. The van der Waals surface area contributed by atoms with Crippen molar-refractivity contribution in [2.24, 2.45) is 0 Å². The second kappa shape index (κ2) is 7.81. The first-order chi connectivity index (χ1) is 17.0. The van der Waals surface area contributed by atoms with Gasteiger partial charge < -0.3 is 4.74 Å². The van der Waals surface area contributed by atoms with E-state index in [9.17, 15) is 14.4 Å². The van der Waals surface area contributed by atoms with Gasteiger partial charge in [-0.25, -0.2) is 0 Å². The van der Waals surface area contributed by atoms with Crippen LogP contribution in [0, 0.1) is 6.92 Å². The zero-order valence-electron chi connectivity index (χ0n) is 19.3. The Hall–Kier alpha value is -4.45. The van der Waals surface area contributed by atoms with Crippen LogP contribution in [-0.4, -0.2) is 35.8 Å². The zero-order chi connectivity index (χ0) is 24.3. The predicted octanol–water partition coefficient (Wildman–Crippen LogP) is 4.91. The Balaban J connectivity index is 1.50. The van der Waals surface area contributed by atoms with Crippen LogP contribution in [0.25, 0.3) is 10.8 Å². The number of hydrogen-bond acceptors (Lipinski definition) is 4. The highest BCUT2D eigenvalue weighted by molar-refractivity contribution is 6.25. The third-order valence-electron chi connectivity index (χ3n) is 6.93. The molecule has 1 saturated heterocycles. The van der Waals surface area contributed by atoms with Gasteiger partial charge in [0.2, 0.25) is 0 Å². The van der Waals surface area contributed by atoms with Crippen molar-refractivity contribution in [3.8, 4) is 5.75 Å². The van der Waals surface area contributed by atoms with E-state index in [1.54, 1.807) is 36.3 Å². The Morgan fingerprint density at radius 1 is 0.657 bits per heavy atom. The second-order valence-electron chi connectivity index (χ2n) is 8.87. The number of rotatable bonds is 4. The van der Waals surface area contributed by atoms with E-state index in [4.69, 9.17) is 4.74 Å².